The van der Waals surface area contributed by atoms with Gasteiger partial charge in [-0.2, -0.15) is 0 Å². The van der Waals surface area contributed by atoms with Gasteiger partial charge >= 0.3 is 0 Å². The fourth-order valence-corrected chi connectivity index (χ4v) is 5.14. The van der Waals surface area contributed by atoms with Crippen LogP contribution in [-0.4, -0.2) is 75.8 Å². The first-order valence-corrected chi connectivity index (χ1v) is 12.3. The van der Waals surface area contributed by atoms with E-state index in [2.05, 4.69) is 17.0 Å². The highest BCUT2D eigenvalue weighted by Gasteiger charge is 2.26. The van der Waals surface area contributed by atoms with E-state index >= 15 is 0 Å². The fraction of sp³-hybridized carbons (Fsp3) is 0.458. The highest BCUT2D eigenvalue weighted by molar-refractivity contribution is 7.89. The van der Waals surface area contributed by atoms with Gasteiger partial charge in [0.05, 0.1) is 12.0 Å². The quantitative estimate of drug-likeness (QED) is 0.664. The van der Waals surface area contributed by atoms with Crippen LogP contribution in [0.25, 0.3) is 0 Å². The number of rotatable bonds is 6. The van der Waals surface area contributed by atoms with Crippen molar-refractivity contribution in [3.63, 3.8) is 0 Å². The number of amides is 1. The Bertz CT molecular complexity index is 1070. The molecule has 0 saturated carbocycles. The first-order valence-electron chi connectivity index (χ1n) is 10.8. The summed E-state index contributed by atoms with van der Waals surface area (Å²) in [6.45, 7) is 7.39. The van der Waals surface area contributed by atoms with E-state index in [1.54, 1.807) is 20.1 Å². The molecule has 0 N–H and O–H groups in total. The lowest BCUT2D eigenvalue weighted by atomic mass is 10.1. The molecule has 0 unspecified atom stereocenters. The zero-order valence-corrected chi connectivity index (χ0v) is 20.4. The molecule has 0 aliphatic carbocycles. The molecule has 0 radical (unpaired) electrons. The van der Waals surface area contributed by atoms with E-state index in [4.69, 9.17) is 4.74 Å². The van der Waals surface area contributed by atoms with Crippen molar-refractivity contribution in [1.82, 2.24) is 14.1 Å². The second-order valence-corrected chi connectivity index (χ2v) is 10.6. The largest absolute Gasteiger partial charge is 0.497 e. The van der Waals surface area contributed by atoms with Gasteiger partial charge in [-0.15, -0.1) is 0 Å². The molecular weight excluding hydrogens is 426 g/mol. The Morgan fingerprint density at radius 3 is 2.34 bits per heavy atom. The minimum atomic E-state index is -3.63. The van der Waals surface area contributed by atoms with Crippen LogP contribution in [0, 0.1) is 13.8 Å². The molecule has 1 amide bonds. The topological polar surface area (TPSA) is 70.2 Å². The number of sulfonamides is 1. The monoisotopic (exact) mass is 459 g/mol. The normalized spacial score (nSPS) is 15.6. The van der Waals surface area contributed by atoms with Crippen LogP contribution in [0.1, 0.15) is 33.5 Å². The van der Waals surface area contributed by atoms with Gasteiger partial charge in [0.15, 0.2) is 0 Å². The second kappa shape index (κ2) is 10.0. The third kappa shape index (κ3) is 5.31. The second-order valence-electron chi connectivity index (χ2n) is 8.47. The first kappa shape index (κ1) is 24.2. The highest BCUT2D eigenvalue weighted by atomic mass is 32.2. The molecule has 0 aromatic heterocycles. The molecule has 2 aromatic carbocycles. The number of nitrogens with zero attached hydrogens (tertiary/aromatic N) is 3. The van der Waals surface area contributed by atoms with Crippen molar-refractivity contribution in [3.8, 4) is 5.75 Å². The van der Waals surface area contributed by atoms with Gasteiger partial charge in [-0.05, 0) is 61.2 Å². The van der Waals surface area contributed by atoms with Gasteiger partial charge in [0.2, 0.25) is 10.0 Å². The van der Waals surface area contributed by atoms with Crippen LogP contribution in [0.5, 0.6) is 5.75 Å². The number of aryl methyl sites for hydroxylation is 1. The summed E-state index contributed by atoms with van der Waals surface area (Å²) in [5.41, 5.74) is 3.11. The Morgan fingerprint density at radius 2 is 1.72 bits per heavy atom. The summed E-state index contributed by atoms with van der Waals surface area (Å²) in [7, 11) is 1.04. The first-order chi connectivity index (χ1) is 15.1. The van der Waals surface area contributed by atoms with Gasteiger partial charge in [-0.3, -0.25) is 9.69 Å². The number of methoxy groups -OCH3 is 1. The fourth-order valence-electron chi connectivity index (χ4n) is 3.92. The maximum atomic E-state index is 13.3. The number of ether oxygens (including phenoxy) is 1. The van der Waals surface area contributed by atoms with Crippen LogP contribution >= 0.6 is 0 Å². The molecule has 174 valence electrons. The summed E-state index contributed by atoms with van der Waals surface area (Å²) in [5, 5.41) is 0. The van der Waals surface area contributed by atoms with Crippen molar-refractivity contribution in [2.24, 2.45) is 0 Å². The van der Waals surface area contributed by atoms with Crippen LogP contribution in [0.4, 0.5) is 0 Å². The number of carbonyl (C=O) groups is 1. The third-order valence-electron chi connectivity index (χ3n) is 6.07. The maximum Gasteiger partial charge on any atom is 0.253 e. The highest BCUT2D eigenvalue weighted by Crippen LogP contribution is 2.24. The molecule has 0 bridgehead atoms. The van der Waals surface area contributed by atoms with Crippen molar-refractivity contribution < 1.29 is 17.9 Å². The number of hydrogen-bond donors (Lipinski definition) is 0. The van der Waals surface area contributed by atoms with Gasteiger partial charge in [0, 0.05) is 52.4 Å². The summed E-state index contributed by atoms with van der Waals surface area (Å²) in [4.78, 5) is 17.7. The third-order valence-corrected chi connectivity index (χ3v) is 8.01. The van der Waals surface area contributed by atoms with E-state index in [-0.39, 0.29) is 10.8 Å². The van der Waals surface area contributed by atoms with Crippen LogP contribution in [0.3, 0.4) is 0 Å². The molecule has 1 heterocycles. The number of hydrogen-bond acceptors (Lipinski definition) is 5. The predicted molar refractivity (Wildman–Crippen MR) is 126 cm³/mol. The molecule has 8 heteroatoms. The van der Waals surface area contributed by atoms with Gasteiger partial charge < -0.3 is 9.64 Å². The smallest absolute Gasteiger partial charge is 0.253 e. The zero-order valence-electron chi connectivity index (χ0n) is 19.6. The standard InChI is InChI=1S/C24H33N3O4S/c1-18-15-21(16-23(19(18)2)32(29,30)25(3)4)24(28)27-12-6-11-26(13-14-27)17-20-7-9-22(31-5)10-8-20/h7-10,15-16H,6,11-14,17H2,1-5H3. The van der Waals surface area contributed by atoms with Gasteiger partial charge in [-0.25, -0.2) is 12.7 Å². The maximum absolute atomic E-state index is 13.3. The molecule has 1 saturated heterocycles. The summed E-state index contributed by atoms with van der Waals surface area (Å²) >= 11 is 0. The van der Waals surface area contributed by atoms with E-state index in [0.717, 1.165) is 37.4 Å². The molecule has 0 atom stereocenters. The molecule has 7 nitrogen and oxygen atoms in total. The molecule has 3 rings (SSSR count). The molecule has 2 aromatic rings. The van der Waals surface area contributed by atoms with E-state index in [1.807, 2.05) is 24.0 Å². The van der Waals surface area contributed by atoms with Crippen molar-refractivity contribution >= 4 is 15.9 Å². The van der Waals surface area contributed by atoms with Gasteiger partial charge in [0.1, 0.15) is 5.75 Å². The van der Waals surface area contributed by atoms with Gasteiger partial charge in [0.25, 0.3) is 5.91 Å². The SMILES string of the molecule is COc1ccc(CN2CCCN(C(=O)c3cc(C)c(C)c(S(=O)(=O)N(C)C)c3)CC2)cc1. The van der Waals surface area contributed by atoms with E-state index in [9.17, 15) is 13.2 Å². The van der Waals surface area contributed by atoms with Crippen molar-refractivity contribution in [3.05, 3.63) is 58.7 Å². The summed E-state index contributed by atoms with van der Waals surface area (Å²) in [6, 6.07) is 11.4. The molecular formula is C24H33N3O4S. The van der Waals surface area contributed by atoms with Gasteiger partial charge in [-0.1, -0.05) is 12.1 Å². The average molecular weight is 460 g/mol. The lowest BCUT2D eigenvalue weighted by Gasteiger charge is -2.23. The van der Waals surface area contributed by atoms with Crippen LogP contribution in [0.15, 0.2) is 41.3 Å². The van der Waals surface area contributed by atoms with Crippen molar-refractivity contribution in [1.29, 1.82) is 0 Å². The lowest BCUT2D eigenvalue weighted by Crippen LogP contribution is -2.35. The van der Waals surface area contributed by atoms with E-state index in [1.165, 1.54) is 30.0 Å². The molecule has 0 spiro atoms. The minimum absolute atomic E-state index is 0.116. The average Bonchev–Trinajstić information content (AvgIpc) is 3.01. The van der Waals surface area contributed by atoms with E-state index in [0.29, 0.717) is 24.2 Å². The number of benzene rings is 2. The van der Waals surface area contributed by atoms with Crippen molar-refractivity contribution in [2.45, 2.75) is 31.7 Å². The Hall–Kier alpha value is -2.42. The molecule has 1 aliphatic heterocycles. The van der Waals surface area contributed by atoms with Crippen LogP contribution < -0.4 is 4.74 Å². The predicted octanol–water partition coefficient (Wildman–Crippen LogP) is 2.91. The number of carbonyl (C=O) groups excluding carboxylic acids is 1. The summed E-state index contributed by atoms with van der Waals surface area (Å²) < 4.78 is 31.9. The van der Waals surface area contributed by atoms with Crippen LogP contribution in [-0.2, 0) is 16.6 Å². The minimum Gasteiger partial charge on any atom is -0.497 e. The van der Waals surface area contributed by atoms with Crippen molar-refractivity contribution in [2.75, 3.05) is 47.4 Å². The molecule has 1 aliphatic rings. The zero-order chi connectivity index (χ0) is 23.5. The Balaban J connectivity index is 1.74. The van der Waals surface area contributed by atoms with E-state index < -0.39 is 10.0 Å². The summed E-state index contributed by atoms with van der Waals surface area (Å²) in [6.07, 6.45) is 0.871. The summed E-state index contributed by atoms with van der Waals surface area (Å²) in [5.74, 6) is 0.722. The molecule has 32 heavy (non-hydrogen) atoms. The Morgan fingerprint density at radius 1 is 1.03 bits per heavy atom. The Kier molecular flexibility index (Phi) is 7.59. The lowest BCUT2D eigenvalue weighted by molar-refractivity contribution is 0.0760. The molecule has 1 fully saturated rings. The Labute approximate surface area is 191 Å². The van der Waals surface area contributed by atoms with Crippen LogP contribution in [0.2, 0.25) is 0 Å².